The van der Waals surface area contributed by atoms with E-state index in [1.54, 1.807) is 42.5 Å². The zero-order valence-corrected chi connectivity index (χ0v) is 20.6. The van der Waals surface area contributed by atoms with Gasteiger partial charge in [-0.25, -0.2) is 17.9 Å². The molecule has 0 saturated carbocycles. The van der Waals surface area contributed by atoms with Crippen LogP contribution in [0.25, 0.3) is 0 Å². The Kier molecular flexibility index (Phi) is 8.39. The van der Waals surface area contributed by atoms with Gasteiger partial charge in [-0.2, -0.15) is 0 Å². The molecule has 0 unspecified atom stereocenters. The van der Waals surface area contributed by atoms with Gasteiger partial charge in [-0.15, -0.1) is 0 Å². The van der Waals surface area contributed by atoms with E-state index >= 15 is 0 Å². The number of esters is 1. The number of ketones is 1. The highest BCUT2D eigenvalue weighted by molar-refractivity contribution is 7.89. The van der Waals surface area contributed by atoms with Crippen LogP contribution >= 0.6 is 11.6 Å². The molecule has 0 aliphatic rings. The Bertz CT molecular complexity index is 1340. The third-order valence-electron chi connectivity index (χ3n) is 5.22. The van der Waals surface area contributed by atoms with Crippen molar-refractivity contribution in [1.82, 2.24) is 4.72 Å². The molecule has 10 heteroatoms. The van der Waals surface area contributed by atoms with E-state index in [-0.39, 0.29) is 33.4 Å². The molecule has 1 N–H and O–H groups in total. The molecule has 1 amide bonds. The number of carbonyl (C=O) groups is 3. The fraction of sp³-hybridized carbons (Fsp3) is 0.160. The average Bonchev–Trinajstić information content (AvgIpc) is 2.87. The van der Waals surface area contributed by atoms with Gasteiger partial charge in [0.05, 0.1) is 17.7 Å². The van der Waals surface area contributed by atoms with Crippen molar-refractivity contribution in [3.63, 3.8) is 0 Å². The molecule has 0 atom stereocenters. The number of nitrogens with zero attached hydrogens (tertiary/aromatic N) is 1. The van der Waals surface area contributed by atoms with Crippen molar-refractivity contribution in [2.75, 3.05) is 19.1 Å². The van der Waals surface area contributed by atoms with Gasteiger partial charge in [-0.3, -0.25) is 14.5 Å². The molecular formula is C25H23ClN2O6S. The van der Waals surface area contributed by atoms with Gasteiger partial charge in [0.2, 0.25) is 10.0 Å². The number of halogens is 1. The van der Waals surface area contributed by atoms with Gasteiger partial charge < -0.3 is 4.74 Å². The number of aryl methyl sites for hydroxylation is 1. The zero-order chi connectivity index (χ0) is 25.6. The summed E-state index contributed by atoms with van der Waals surface area (Å²) in [5.41, 5.74) is 1.47. The topological polar surface area (TPSA) is 110 Å². The smallest absolute Gasteiger partial charge is 0.397 e. The highest BCUT2D eigenvalue weighted by Gasteiger charge is 2.29. The van der Waals surface area contributed by atoms with E-state index in [0.29, 0.717) is 12.1 Å². The second-order valence-corrected chi connectivity index (χ2v) is 9.73. The minimum atomic E-state index is -3.56. The summed E-state index contributed by atoms with van der Waals surface area (Å²) in [6, 6.07) is 19.1. The summed E-state index contributed by atoms with van der Waals surface area (Å²) in [6.07, 6.45) is 0.402. The molecule has 8 nitrogen and oxygen atoms in total. The number of ether oxygens (including phenoxy) is 1. The lowest BCUT2D eigenvalue weighted by atomic mass is 10.0. The third kappa shape index (κ3) is 6.13. The van der Waals surface area contributed by atoms with Crippen molar-refractivity contribution < 1.29 is 27.5 Å². The molecule has 182 valence electrons. The molecule has 0 spiro atoms. The van der Waals surface area contributed by atoms with Gasteiger partial charge in [0.25, 0.3) is 0 Å². The first-order valence-corrected chi connectivity index (χ1v) is 12.4. The van der Waals surface area contributed by atoms with Crippen LogP contribution in [-0.4, -0.2) is 40.2 Å². The summed E-state index contributed by atoms with van der Waals surface area (Å²) >= 11 is 6.19. The zero-order valence-electron chi connectivity index (χ0n) is 19.0. The number of benzene rings is 3. The lowest BCUT2D eigenvalue weighted by molar-refractivity contribution is -0.151. The SMILES string of the molecule is CNS(=O)(=O)c1ccc(CCC(=O)c2ccc(Cl)cc2N(C(=O)C(=O)OC)c2ccccc2)cc1. The van der Waals surface area contributed by atoms with Crippen molar-refractivity contribution in [3.05, 3.63) is 88.9 Å². The van der Waals surface area contributed by atoms with Gasteiger partial charge >= 0.3 is 11.9 Å². The summed E-state index contributed by atoms with van der Waals surface area (Å²) in [4.78, 5) is 39.5. The number of anilines is 2. The molecule has 0 aromatic heterocycles. The van der Waals surface area contributed by atoms with E-state index in [1.807, 2.05) is 0 Å². The molecule has 0 heterocycles. The van der Waals surface area contributed by atoms with Crippen LogP contribution in [-0.2, 0) is 30.8 Å². The molecule has 3 rings (SSSR count). The van der Waals surface area contributed by atoms with Crippen molar-refractivity contribution >= 4 is 50.7 Å². The maximum atomic E-state index is 13.2. The lowest BCUT2D eigenvalue weighted by Crippen LogP contribution is -2.34. The molecular weight excluding hydrogens is 492 g/mol. The average molecular weight is 515 g/mol. The lowest BCUT2D eigenvalue weighted by Gasteiger charge is -2.24. The van der Waals surface area contributed by atoms with Crippen LogP contribution in [0.1, 0.15) is 22.3 Å². The van der Waals surface area contributed by atoms with Gasteiger partial charge in [-0.1, -0.05) is 41.9 Å². The van der Waals surface area contributed by atoms with Crippen molar-refractivity contribution in [2.24, 2.45) is 0 Å². The number of nitrogens with one attached hydrogen (secondary N) is 1. The van der Waals surface area contributed by atoms with Gasteiger partial charge in [0.1, 0.15) is 0 Å². The highest BCUT2D eigenvalue weighted by atomic mass is 35.5. The molecule has 3 aromatic carbocycles. The second kappa shape index (κ2) is 11.3. The number of rotatable bonds is 8. The highest BCUT2D eigenvalue weighted by Crippen LogP contribution is 2.32. The summed E-state index contributed by atoms with van der Waals surface area (Å²) < 4.78 is 30.7. The molecule has 0 aliphatic carbocycles. The standard InChI is InChI=1S/C25H23ClN2O6S/c1-27-35(32,33)20-12-8-17(9-13-20)10-15-23(29)21-14-11-18(26)16-22(21)28(24(30)25(31)34-2)19-6-4-3-5-7-19/h3-9,11-14,16,27H,10,15H2,1-2H3. The minimum Gasteiger partial charge on any atom is -0.462 e. The van der Waals surface area contributed by atoms with E-state index < -0.39 is 21.9 Å². The molecule has 35 heavy (non-hydrogen) atoms. The molecule has 0 fully saturated rings. The van der Waals surface area contributed by atoms with Crippen LogP contribution in [0, 0.1) is 0 Å². The largest absolute Gasteiger partial charge is 0.462 e. The fourth-order valence-electron chi connectivity index (χ4n) is 3.39. The van der Waals surface area contributed by atoms with Crippen molar-refractivity contribution in [2.45, 2.75) is 17.7 Å². The molecule has 0 bridgehead atoms. The normalized spacial score (nSPS) is 11.1. The maximum absolute atomic E-state index is 13.2. The fourth-order valence-corrected chi connectivity index (χ4v) is 4.29. The number of Topliss-reactive ketones (excluding diaryl/α,β-unsaturated/α-hetero) is 1. The van der Waals surface area contributed by atoms with Crippen LogP contribution in [0.15, 0.2) is 77.7 Å². The van der Waals surface area contributed by atoms with Crippen molar-refractivity contribution in [1.29, 1.82) is 0 Å². The maximum Gasteiger partial charge on any atom is 0.397 e. The monoisotopic (exact) mass is 514 g/mol. The summed E-state index contributed by atoms with van der Waals surface area (Å²) in [5, 5.41) is 0.275. The Morgan fingerprint density at radius 2 is 1.63 bits per heavy atom. The summed E-state index contributed by atoms with van der Waals surface area (Å²) in [6.45, 7) is 0. The number of para-hydroxylation sites is 1. The Labute approximate surface area is 208 Å². The molecule has 0 radical (unpaired) electrons. The van der Waals surface area contributed by atoms with E-state index in [0.717, 1.165) is 17.6 Å². The van der Waals surface area contributed by atoms with Crippen LogP contribution in [0.4, 0.5) is 11.4 Å². The molecule has 0 aliphatic heterocycles. The Hall–Kier alpha value is -3.53. The summed E-state index contributed by atoms with van der Waals surface area (Å²) in [5.74, 6) is -2.36. The predicted molar refractivity (Wildman–Crippen MR) is 132 cm³/mol. The number of hydrogen-bond acceptors (Lipinski definition) is 6. The van der Waals surface area contributed by atoms with E-state index in [2.05, 4.69) is 9.46 Å². The van der Waals surface area contributed by atoms with Crippen LogP contribution < -0.4 is 9.62 Å². The minimum absolute atomic E-state index is 0.0712. The van der Waals surface area contributed by atoms with Crippen LogP contribution in [0.2, 0.25) is 5.02 Å². The van der Waals surface area contributed by atoms with Gasteiger partial charge in [0, 0.05) is 22.7 Å². The Morgan fingerprint density at radius 3 is 2.23 bits per heavy atom. The van der Waals surface area contributed by atoms with Gasteiger partial charge in [-0.05, 0) is 61.5 Å². The van der Waals surface area contributed by atoms with E-state index in [4.69, 9.17) is 11.6 Å². The third-order valence-corrected chi connectivity index (χ3v) is 6.89. The van der Waals surface area contributed by atoms with Crippen molar-refractivity contribution in [3.8, 4) is 0 Å². The number of sulfonamides is 1. The van der Waals surface area contributed by atoms with Crippen LogP contribution in [0.5, 0.6) is 0 Å². The quantitative estimate of drug-likeness (QED) is 0.277. The first-order valence-electron chi connectivity index (χ1n) is 10.5. The molecule has 0 saturated heterocycles. The van der Waals surface area contributed by atoms with E-state index in [9.17, 15) is 22.8 Å². The van der Waals surface area contributed by atoms with Gasteiger partial charge in [0.15, 0.2) is 5.78 Å². The number of hydrogen-bond donors (Lipinski definition) is 1. The predicted octanol–water partition coefficient (Wildman–Crippen LogP) is 3.90. The molecule has 3 aromatic rings. The summed E-state index contributed by atoms with van der Waals surface area (Å²) in [7, 11) is -1.13. The second-order valence-electron chi connectivity index (χ2n) is 7.40. The number of amides is 1. The first-order chi connectivity index (χ1) is 16.7. The number of carbonyl (C=O) groups excluding carboxylic acids is 3. The van der Waals surface area contributed by atoms with E-state index in [1.165, 1.54) is 37.4 Å². The van der Waals surface area contributed by atoms with Crippen LogP contribution in [0.3, 0.4) is 0 Å². The Morgan fingerprint density at radius 1 is 0.971 bits per heavy atom. The number of methoxy groups -OCH3 is 1. The Balaban J connectivity index is 1.92. The first kappa shape index (κ1) is 26.1.